The van der Waals surface area contributed by atoms with E-state index in [1.165, 1.54) is 11.1 Å². The second-order valence-corrected chi connectivity index (χ2v) is 9.27. The van der Waals surface area contributed by atoms with Crippen LogP contribution in [0.3, 0.4) is 0 Å². The number of rotatable bonds is 11. The molecule has 166 valence electrons. The smallest absolute Gasteiger partial charge is 0.220 e. The van der Waals surface area contributed by atoms with E-state index in [1.54, 1.807) is 0 Å². The van der Waals surface area contributed by atoms with E-state index in [-0.39, 0.29) is 17.7 Å². The number of hydrogen-bond donors (Lipinski definition) is 1. The summed E-state index contributed by atoms with van der Waals surface area (Å²) in [4.78, 5) is 24.2. The fraction of sp³-hybridized carbons (Fsp3) is 0.481. The van der Waals surface area contributed by atoms with Gasteiger partial charge < -0.3 is 9.80 Å². The molecule has 0 bridgehead atoms. The van der Waals surface area contributed by atoms with Crippen LogP contribution in [0.2, 0.25) is 0 Å². The highest BCUT2D eigenvalue weighted by Gasteiger charge is 2.24. The summed E-state index contributed by atoms with van der Waals surface area (Å²) >= 11 is 0. The van der Waals surface area contributed by atoms with Crippen LogP contribution in [-0.2, 0) is 22.7 Å². The van der Waals surface area contributed by atoms with Gasteiger partial charge in [-0.25, -0.2) is 0 Å². The van der Waals surface area contributed by atoms with Crippen molar-refractivity contribution in [2.45, 2.75) is 70.5 Å². The van der Waals surface area contributed by atoms with Crippen LogP contribution in [0.25, 0.3) is 0 Å². The molecular weight excluding hydrogens is 384 g/mol. The summed E-state index contributed by atoms with van der Waals surface area (Å²) in [5.74, 6) is 0.242. The largest absolute Gasteiger partial charge is 0.346 e. The van der Waals surface area contributed by atoms with Crippen molar-refractivity contribution in [2.75, 3.05) is 13.6 Å². The Bertz CT molecular complexity index is 778. The Morgan fingerprint density at radius 2 is 1.52 bits per heavy atom. The number of nitrogens with one attached hydrogen (secondary N) is 1. The van der Waals surface area contributed by atoms with Crippen molar-refractivity contribution in [2.24, 2.45) is 0 Å². The summed E-state index contributed by atoms with van der Waals surface area (Å²) < 4.78 is 0.959. The van der Waals surface area contributed by atoms with Crippen molar-refractivity contribution < 1.29 is 14.1 Å². The maximum atomic E-state index is 12.5. The molecule has 3 rings (SSSR count). The van der Waals surface area contributed by atoms with E-state index in [1.807, 2.05) is 0 Å². The van der Waals surface area contributed by atoms with E-state index in [2.05, 4.69) is 73.0 Å². The van der Waals surface area contributed by atoms with Crippen LogP contribution in [0.4, 0.5) is 0 Å². The first kappa shape index (κ1) is 23.2. The lowest BCUT2D eigenvalue weighted by Gasteiger charge is -2.35. The molecule has 0 radical (unpaired) electrons. The lowest BCUT2D eigenvalue weighted by molar-refractivity contribution is -0.935. The second-order valence-electron chi connectivity index (χ2n) is 9.27. The van der Waals surface area contributed by atoms with Gasteiger partial charge in [-0.1, -0.05) is 67.1 Å². The molecule has 4 nitrogen and oxygen atoms in total. The van der Waals surface area contributed by atoms with Gasteiger partial charge in [0.25, 0.3) is 0 Å². The van der Waals surface area contributed by atoms with Crippen molar-refractivity contribution in [1.29, 1.82) is 0 Å². The molecule has 1 amide bonds. The molecule has 31 heavy (non-hydrogen) atoms. The number of benzene rings is 2. The number of nitrogens with zero attached hydrogens (tertiary/aromatic N) is 1. The van der Waals surface area contributed by atoms with Crippen molar-refractivity contribution in [3.8, 4) is 0 Å². The molecular formula is C27H37N2O2+. The summed E-state index contributed by atoms with van der Waals surface area (Å²) in [7, 11) is 2.34. The third-order valence-electron chi connectivity index (χ3n) is 6.31. The third-order valence-corrected chi connectivity index (χ3v) is 6.31. The highest BCUT2D eigenvalue weighted by Crippen LogP contribution is 2.20. The number of carbonyl (C=O) groups is 2. The first-order valence-corrected chi connectivity index (χ1v) is 11.8. The average molecular weight is 422 g/mol. The van der Waals surface area contributed by atoms with Crippen LogP contribution < -0.4 is 5.32 Å². The van der Waals surface area contributed by atoms with Gasteiger partial charge in [0, 0.05) is 24.0 Å². The lowest BCUT2D eigenvalue weighted by atomic mass is 10.0. The third kappa shape index (κ3) is 7.95. The zero-order valence-corrected chi connectivity index (χ0v) is 18.9. The standard InChI is InChI=1S/C27H36N2O2/c1-29(21-23-13-5-2-6-14-23,22-24-15-7-3-8-16-24)20-12-4-9-18-26(30)25-17-10-11-19-27(31)28-25/h2-3,5-8,13-16,25H,4,9-12,17-22H2,1H3/p+1. The van der Waals surface area contributed by atoms with Gasteiger partial charge in [-0.3, -0.25) is 9.59 Å². The molecule has 0 aromatic heterocycles. The van der Waals surface area contributed by atoms with Crippen molar-refractivity contribution in [3.63, 3.8) is 0 Å². The van der Waals surface area contributed by atoms with Crippen LogP contribution in [0.5, 0.6) is 0 Å². The Morgan fingerprint density at radius 3 is 2.13 bits per heavy atom. The van der Waals surface area contributed by atoms with Gasteiger partial charge in [0.2, 0.25) is 5.91 Å². The Morgan fingerprint density at radius 1 is 0.903 bits per heavy atom. The van der Waals surface area contributed by atoms with E-state index >= 15 is 0 Å². The predicted octanol–water partition coefficient (Wildman–Crippen LogP) is 5.02. The summed E-state index contributed by atoms with van der Waals surface area (Å²) in [6.07, 6.45) is 6.84. The zero-order valence-electron chi connectivity index (χ0n) is 18.9. The van der Waals surface area contributed by atoms with Crippen LogP contribution in [0.15, 0.2) is 60.7 Å². The molecule has 1 heterocycles. The van der Waals surface area contributed by atoms with Gasteiger partial charge in [-0.15, -0.1) is 0 Å². The van der Waals surface area contributed by atoms with Crippen LogP contribution in [0.1, 0.15) is 62.5 Å². The molecule has 0 saturated carbocycles. The van der Waals surface area contributed by atoms with Gasteiger partial charge in [-0.05, 0) is 32.1 Å². The highest BCUT2D eigenvalue weighted by atomic mass is 16.2. The minimum Gasteiger partial charge on any atom is -0.346 e. The average Bonchev–Trinajstić information content (AvgIpc) is 2.99. The first-order valence-electron chi connectivity index (χ1n) is 11.8. The molecule has 1 fully saturated rings. The monoisotopic (exact) mass is 421 g/mol. The SMILES string of the molecule is C[N+](CCCCCC(=O)C1CCCCC(=O)N1)(Cc1ccccc1)Cc1ccccc1. The van der Waals surface area contributed by atoms with Gasteiger partial charge in [0.15, 0.2) is 5.78 Å². The fourth-order valence-electron chi connectivity index (χ4n) is 4.62. The molecule has 1 atom stereocenters. The highest BCUT2D eigenvalue weighted by molar-refractivity contribution is 5.89. The van der Waals surface area contributed by atoms with Crippen molar-refractivity contribution >= 4 is 11.7 Å². The lowest BCUT2D eigenvalue weighted by Crippen LogP contribution is -2.43. The van der Waals surface area contributed by atoms with Gasteiger partial charge in [0.1, 0.15) is 13.1 Å². The maximum absolute atomic E-state index is 12.5. The Kier molecular flexibility index (Phi) is 8.84. The second kappa shape index (κ2) is 11.8. The number of Topliss-reactive ketones (excluding diaryl/α,β-unsaturated/α-hetero) is 1. The van der Waals surface area contributed by atoms with E-state index in [4.69, 9.17) is 0 Å². The van der Waals surface area contributed by atoms with E-state index in [0.717, 1.165) is 62.6 Å². The molecule has 1 saturated heterocycles. The van der Waals surface area contributed by atoms with Crippen LogP contribution in [0, 0.1) is 0 Å². The topological polar surface area (TPSA) is 46.2 Å². The summed E-state index contributed by atoms with van der Waals surface area (Å²) in [5.41, 5.74) is 2.72. The molecule has 0 spiro atoms. The quantitative estimate of drug-likeness (QED) is 0.409. The molecule has 2 aromatic rings. The minimum atomic E-state index is -0.257. The summed E-state index contributed by atoms with van der Waals surface area (Å²) in [6, 6.07) is 21.2. The molecule has 4 heteroatoms. The van der Waals surface area contributed by atoms with Crippen LogP contribution in [-0.4, -0.2) is 35.8 Å². The number of amides is 1. The molecule has 1 unspecified atom stereocenters. The van der Waals surface area contributed by atoms with Crippen molar-refractivity contribution in [1.82, 2.24) is 5.32 Å². The van der Waals surface area contributed by atoms with E-state index < -0.39 is 0 Å². The Hall–Kier alpha value is -2.46. The normalized spacial score (nSPS) is 17.1. The molecule has 1 aliphatic heterocycles. The van der Waals surface area contributed by atoms with Crippen LogP contribution >= 0.6 is 0 Å². The number of quaternary nitrogens is 1. The predicted molar refractivity (Wildman–Crippen MR) is 125 cm³/mol. The number of ketones is 1. The summed E-state index contributed by atoms with van der Waals surface area (Å²) in [5, 5.41) is 2.91. The molecule has 2 aromatic carbocycles. The number of hydrogen-bond acceptors (Lipinski definition) is 2. The Labute approximate surface area is 187 Å². The maximum Gasteiger partial charge on any atom is 0.220 e. The minimum absolute atomic E-state index is 0.0331. The molecule has 1 N–H and O–H groups in total. The van der Waals surface area contributed by atoms with Gasteiger partial charge >= 0.3 is 0 Å². The molecule has 1 aliphatic rings. The fourth-order valence-corrected chi connectivity index (χ4v) is 4.62. The number of carbonyl (C=O) groups excluding carboxylic acids is 2. The first-order chi connectivity index (χ1) is 15.0. The molecule has 0 aliphatic carbocycles. The van der Waals surface area contributed by atoms with E-state index in [9.17, 15) is 9.59 Å². The van der Waals surface area contributed by atoms with Gasteiger partial charge in [0.05, 0.1) is 19.6 Å². The zero-order chi connectivity index (χ0) is 21.9. The van der Waals surface area contributed by atoms with Crippen molar-refractivity contribution in [3.05, 3.63) is 71.8 Å². The number of unbranched alkanes of at least 4 members (excludes halogenated alkanes) is 2. The summed E-state index contributed by atoms with van der Waals surface area (Å²) in [6.45, 7) is 3.09. The Balaban J connectivity index is 1.49. The van der Waals surface area contributed by atoms with E-state index in [0.29, 0.717) is 12.8 Å². The van der Waals surface area contributed by atoms with Gasteiger partial charge in [-0.2, -0.15) is 0 Å².